The highest BCUT2D eigenvalue weighted by molar-refractivity contribution is 5.82. The minimum Gasteiger partial charge on any atom is -0.314 e. The first-order valence-electron chi connectivity index (χ1n) is 7.86. The average molecular weight is 283 g/mol. The van der Waals surface area contributed by atoms with Crippen molar-refractivity contribution in [1.29, 1.82) is 0 Å². The van der Waals surface area contributed by atoms with Crippen LogP contribution < -0.4 is 5.32 Å². The van der Waals surface area contributed by atoms with Crippen LogP contribution >= 0.6 is 0 Å². The molecule has 1 aliphatic heterocycles. The molecule has 0 amide bonds. The van der Waals surface area contributed by atoms with Crippen LogP contribution in [0.4, 0.5) is 0 Å². The Morgan fingerprint density at radius 3 is 2.52 bits per heavy atom. The maximum atomic E-state index is 4.52. The van der Waals surface area contributed by atoms with Crippen molar-refractivity contribution in [2.24, 2.45) is 5.41 Å². The summed E-state index contributed by atoms with van der Waals surface area (Å²) in [6.45, 7) is 11.4. The topological polar surface area (TPSA) is 28.2 Å². The molecule has 1 fully saturated rings. The van der Waals surface area contributed by atoms with Crippen molar-refractivity contribution in [3.8, 4) is 0 Å². The van der Waals surface area contributed by atoms with Gasteiger partial charge in [0.1, 0.15) is 0 Å². The van der Waals surface area contributed by atoms with Gasteiger partial charge in [0.05, 0.1) is 5.52 Å². The third-order valence-electron chi connectivity index (χ3n) is 4.31. The summed E-state index contributed by atoms with van der Waals surface area (Å²) in [6, 6.07) is 11.1. The maximum absolute atomic E-state index is 4.52. The molecule has 0 spiro atoms. The highest BCUT2D eigenvalue weighted by Gasteiger charge is 2.33. The van der Waals surface area contributed by atoms with E-state index in [0.29, 0.717) is 6.04 Å². The van der Waals surface area contributed by atoms with Crippen molar-refractivity contribution >= 4 is 10.9 Å². The van der Waals surface area contributed by atoms with Crippen molar-refractivity contribution in [2.45, 2.75) is 26.8 Å². The summed E-state index contributed by atoms with van der Waals surface area (Å²) in [5, 5.41) is 4.75. The van der Waals surface area contributed by atoms with E-state index in [1.807, 2.05) is 6.20 Å². The normalized spacial score (nSPS) is 18.8. The molecule has 1 N–H and O–H groups in total. The van der Waals surface area contributed by atoms with Crippen LogP contribution in [0.5, 0.6) is 0 Å². The van der Waals surface area contributed by atoms with Gasteiger partial charge < -0.3 is 5.32 Å². The lowest BCUT2D eigenvalue weighted by molar-refractivity contribution is 0.0872. The van der Waals surface area contributed by atoms with Crippen LogP contribution in [0, 0.1) is 5.41 Å². The fourth-order valence-corrected chi connectivity index (χ4v) is 3.51. The summed E-state index contributed by atoms with van der Waals surface area (Å²) < 4.78 is 0. The summed E-state index contributed by atoms with van der Waals surface area (Å²) in [6.07, 6.45) is 1.96. The molecule has 0 saturated carbocycles. The number of piperazine rings is 1. The Hall–Kier alpha value is -1.45. The van der Waals surface area contributed by atoms with E-state index in [9.17, 15) is 0 Å². The van der Waals surface area contributed by atoms with Gasteiger partial charge in [0, 0.05) is 43.8 Å². The molecule has 1 aromatic heterocycles. The van der Waals surface area contributed by atoms with E-state index in [1.54, 1.807) is 0 Å². The fourth-order valence-electron chi connectivity index (χ4n) is 3.51. The first kappa shape index (κ1) is 14.5. The number of fused-ring (bicyclic) bond motifs is 1. The van der Waals surface area contributed by atoms with Crippen molar-refractivity contribution in [2.75, 3.05) is 26.2 Å². The Morgan fingerprint density at radius 2 is 1.81 bits per heavy atom. The highest BCUT2D eigenvalue weighted by atomic mass is 15.2. The van der Waals surface area contributed by atoms with E-state index in [0.717, 1.165) is 31.7 Å². The number of nitrogens with one attached hydrogen (secondary N) is 1. The molecule has 3 rings (SSSR count). The van der Waals surface area contributed by atoms with Crippen LogP contribution in [0.2, 0.25) is 0 Å². The molecule has 1 saturated heterocycles. The predicted octanol–water partition coefficient (Wildman–Crippen LogP) is 3.23. The first-order chi connectivity index (χ1) is 10.1. The molecule has 0 unspecified atom stereocenters. The van der Waals surface area contributed by atoms with Crippen LogP contribution in [0.3, 0.4) is 0 Å². The second kappa shape index (κ2) is 5.74. The zero-order chi connectivity index (χ0) is 14.9. The van der Waals surface area contributed by atoms with E-state index in [1.165, 1.54) is 10.9 Å². The fraction of sp³-hybridized carbons (Fsp3) is 0.500. The Kier molecular flexibility index (Phi) is 3.96. The van der Waals surface area contributed by atoms with E-state index in [4.69, 9.17) is 0 Å². The van der Waals surface area contributed by atoms with Gasteiger partial charge in [-0.15, -0.1) is 0 Å². The molecule has 1 aromatic carbocycles. The van der Waals surface area contributed by atoms with Crippen LogP contribution in [0.15, 0.2) is 36.5 Å². The number of hydrogen-bond acceptors (Lipinski definition) is 3. The third kappa shape index (κ3) is 2.94. The number of para-hydroxylation sites is 1. The van der Waals surface area contributed by atoms with Gasteiger partial charge >= 0.3 is 0 Å². The summed E-state index contributed by atoms with van der Waals surface area (Å²) in [5.41, 5.74) is 2.70. The molecule has 0 aliphatic carbocycles. The summed E-state index contributed by atoms with van der Waals surface area (Å²) in [7, 11) is 0. The predicted molar refractivity (Wildman–Crippen MR) is 88.4 cm³/mol. The molecule has 21 heavy (non-hydrogen) atoms. The Bertz CT molecular complexity index is 604. The smallest absolute Gasteiger partial charge is 0.0705 e. The van der Waals surface area contributed by atoms with E-state index in [-0.39, 0.29) is 5.41 Å². The molecule has 112 valence electrons. The van der Waals surface area contributed by atoms with Gasteiger partial charge in [-0.1, -0.05) is 39.0 Å². The Morgan fingerprint density at radius 1 is 1.10 bits per heavy atom. The largest absolute Gasteiger partial charge is 0.314 e. The molecule has 1 atom stereocenters. The minimum absolute atomic E-state index is 0.196. The molecular weight excluding hydrogens is 258 g/mol. The van der Waals surface area contributed by atoms with Gasteiger partial charge in [0.25, 0.3) is 0 Å². The van der Waals surface area contributed by atoms with Gasteiger partial charge in [-0.25, -0.2) is 0 Å². The lowest BCUT2D eigenvalue weighted by atomic mass is 9.80. The van der Waals surface area contributed by atoms with Gasteiger partial charge in [-0.2, -0.15) is 0 Å². The van der Waals surface area contributed by atoms with Crippen molar-refractivity contribution in [3.05, 3.63) is 42.1 Å². The molecule has 2 aromatic rings. The van der Waals surface area contributed by atoms with E-state index in [2.05, 4.69) is 66.3 Å². The number of hydrogen-bond donors (Lipinski definition) is 1. The van der Waals surface area contributed by atoms with Gasteiger partial charge in [0.15, 0.2) is 0 Å². The molecular formula is C18H25N3. The van der Waals surface area contributed by atoms with E-state index < -0.39 is 0 Å². The quantitative estimate of drug-likeness (QED) is 0.917. The molecule has 3 nitrogen and oxygen atoms in total. The molecule has 2 heterocycles. The zero-order valence-corrected chi connectivity index (χ0v) is 13.3. The summed E-state index contributed by atoms with van der Waals surface area (Å²) in [5.74, 6) is 0. The second-order valence-corrected chi connectivity index (χ2v) is 6.97. The monoisotopic (exact) mass is 283 g/mol. The lowest BCUT2D eigenvalue weighted by Gasteiger charge is -2.43. The maximum Gasteiger partial charge on any atom is 0.0705 e. The Balaban J connectivity index is 2.10. The van der Waals surface area contributed by atoms with Crippen LogP contribution in [-0.4, -0.2) is 36.1 Å². The number of nitrogens with zero attached hydrogens (tertiary/aromatic N) is 2. The summed E-state index contributed by atoms with van der Waals surface area (Å²) in [4.78, 5) is 7.14. The Labute approximate surface area is 127 Å². The van der Waals surface area contributed by atoms with Crippen molar-refractivity contribution in [1.82, 2.24) is 15.2 Å². The van der Waals surface area contributed by atoms with Gasteiger partial charge in [0.2, 0.25) is 0 Å². The van der Waals surface area contributed by atoms with E-state index >= 15 is 0 Å². The number of rotatable bonds is 2. The zero-order valence-electron chi connectivity index (χ0n) is 13.3. The molecule has 0 radical (unpaired) electrons. The van der Waals surface area contributed by atoms with Gasteiger partial charge in [-0.3, -0.25) is 9.88 Å². The lowest BCUT2D eigenvalue weighted by Crippen LogP contribution is -2.48. The second-order valence-electron chi connectivity index (χ2n) is 6.97. The number of benzene rings is 1. The van der Waals surface area contributed by atoms with Crippen LogP contribution in [0.25, 0.3) is 10.9 Å². The average Bonchev–Trinajstić information content (AvgIpc) is 2.47. The molecule has 1 aliphatic rings. The van der Waals surface area contributed by atoms with Crippen LogP contribution in [0.1, 0.15) is 32.4 Å². The standard InChI is InChI=1S/C18H25N3/c1-18(2,3)17(21-12-10-19-11-13-21)15-8-9-20-16-7-5-4-6-14(15)16/h4-9,17,19H,10-13H2,1-3H3/t17-/m1/s1. The summed E-state index contributed by atoms with van der Waals surface area (Å²) >= 11 is 0. The highest BCUT2D eigenvalue weighted by Crippen LogP contribution is 2.40. The molecule has 0 bridgehead atoms. The van der Waals surface area contributed by atoms with Gasteiger partial charge in [-0.05, 0) is 23.1 Å². The third-order valence-corrected chi connectivity index (χ3v) is 4.31. The number of aromatic nitrogens is 1. The minimum atomic E-state index is 0.196. The first-order valence-corrected chi connectivity index (χ1v) is 7.86. The van der Waals surface area contributed by atoms with Crippen LogP contribution in [-0.2, 0) is 0 Å². The number of pyridine rings is 1. The van der Waals surface area contributed by atoms with Crippen molar-refractivity contribution in [3.63, 3.8) is 0 Å². The SMILES string of the molecule is CC(C)(C)[C@@H](c1ccnc2ccccc12)N1CCNCC1. The molecule has 3 heteroatoms. The van der Waals surface area contributed by atoms with Crippen molar-refractivity contribution < 1.29 is 0 Å².